The number of ether oxygens (including phenoxy) is 1. The highest BCUT2D eigenvalue weighted by Gasteiger charge is 2.30. The molecule has 3 aromatic rings. The summed E-state index contributed by atoms with van der Waals surface area (Å²) in [7, 11) is -2.31. The predicted molar refractivity (Wildman–Crippen MR) is 129 cm³/mol. The Bertz CT molecular complexity index is 1270. The Kier molecular flexibility index (Phi) is 6.81. The molecule has 1 aliphatic heterocycles. The monoisotopic (exact) mass is 486 g/mol. The summed E-state index contributed by atoms with van der Waals surface area (Å²) in [6.45, 7) is 2.43. The molecule has 0 saturated carbocycles. The second-order valence-electron chi connectivity index (χ2n) is 8.31. The number of benzene rings is 2. The van der Waals surface area contributed by atoms with E-state index in [0.29, 0.717) is 30.0 Å². The van der Waals surface area contributed by atoms with Crippen molar-refractivity contribution < 1.29 is 22.7 Å². The number of carbonyl (C=O) groups excluding carboxylic acids is 2. The van der Waals surface area contributed by atoms with Crippen molar-refractivity contribution in [1.29, 1.82) is 0 Å². The second kappa shape index (κ2) is 9.61. The van der Waals surface area contributed by atoms with Crippen LogP contribution in [0.3, 0.4) is 0 Å². The van der Waals surface area contributed by atoms with Crippen molar-refractivity contribution in [1.82, 2.24) is 9.88 Å². The van der Waals surface area contributed by atoms with Crippen LogP contribution in [0.25, 0.3) is 10.2 Å². The van der Waals surface area contributed by atoms with Crippen molar-refractivity contribution in [2.45, 2.75) is 31.4 Å². The molecule has 7 nitrogen and oxygen atoms in total. The lowest BCUT2D eigenvalue weighted by Gasteiger charge is -2.31. The molecule has 0 aliphatic carbocycles. The summed E-state index contributed by atoms with van der Waals surface area (Å²) in [6, 6.07) is 12.6. The van der Waals surface area contributed by atoms with E-state index in [9.17, 15) is 18.0 Å². The summed E-state index contributed by atoms with van der Waals surface area (Å²) >= 11 is 1.63. The second-order valence-corrected chi connectivity index (χ2v) is 11.4. The standard InChI is InChI=1S/C24H26N2O5S2/c1-16(27)17-9-10-21(31-2)19(12-17)14-33(29,30)15-23(28)26-11-5-6-18(13-26)24-25-20-7-3-4-8-22(20)32-24/h3-4,7-10,12,18H,5-6,11,13-15H2,1-2H3/t18-/m0/s1. The van der Waals surface area contributed by atoms with Gasteiger partial charge in [0.05, 0.1) is 28.1 Å². The third kappa shape index (κ3) is 5.42. The van der Waals surface area contributed by atoms with E-state index in [1.807, 2.05) is 24.3 Å². The molecular weight excluding hydrogens is 460 g/mol. The highest BCUT2D eigenvalue weighted by atomic mass is 32.2. The van der Waals surface area contributed by atoms with Crippen LogP contribution in [-0.4, -0.2) is 55.9 Å². The number of hydrogen-bond donors (Lipinski definition) is 0. The van der Waals surface area contributed by atoms with Crippen LogP contribution in [0.4, 0.5) is 0 Å². The number of nitrogens with zero attached hydrogens (tertiary/aromatic N) is 2. The Morgan fingerprint density at radius 3 is 2.73 bits per heavy atom. The number of piperidine rings is 1. The quantitative estimate of drug-likeness (QED) is 0.471. The van der Waals surface area contributed by atoms with Gasteiger partial charge in [-0.05, 0) is 50.1 Å². The van der Waals surface area contributed by atoms with E-state index in [1.54, 1.807) is 28.4 Å². The molecule has 0 unspecified atom stereocenters. The first kappa shape index (κ1) is 23.4. The van der Waals surface area contributed by atoms with Gasteiger partial charge in [-0.15, -0.1) is 11.3 Å². The summed E-state index contributed by atoms with van der Waals surface area (Å²) in [4.78, 5) is 31.0. The Hall–Kier alpha value is -2.78. The third-order valence-corrected chi connectivity index (χ3v) is 8.48. The van der Waals surface area contributed by atoms with Gasteiger partial charge in [0, 0.05) is 30.1 Å². The van der Waals surface area contributed by atoms with Gasteiger partial charge in [-0.3, -0.25) is 9.59 Å². The molecule has 0 radical (unpaired) electrons. The largest absolute Gasteiger partial charge is 0.496 e. The van der Waals surface area contributed by atoms with Crippen molar-refractivity contribution in [3.8, 4) is 5.75 Å². The number of rotatable bonds is 7. The number of methoxy groups -OCH3 is 1. The van der Waals surface area contributed by atoms with Crippen molar-refractivity contribution in [2.24, 2.45) is 0 Å². The van der Waals surface area contributed by atoms with Gasteiger partial charge >= 0.3 is 0 Å². The molecule has 4 rings (SSSR count). The first-order chi connectivity index (χ1) is 15.8. The SMILES string of the molecule is COc1ccc(C(C)=O)cc1CS(=O)(=O)CC(=O)N1CCC[C@H](c2nc3ccccc3s2)C1. The Balaban J connectivity index is 1.46. The number of thiazole rings is 1. The predicted octanol–water partition coefficient (Wildman–Crippen LogP) is 3.83. The number of ketones is 1. The van der Waals surface area contributed by atoms with Crippen LogP contribution >= 0.6 is 11.3 Å². The summed E-state index contributed by atoms with van der Waals surface area (Å²) in [5.74, 6) is -1.02. The Labute approximate surface area is 197 Å². The van der Waals surface area contributed by atoms with Gasteiger partial charge in [0.25, 0.3) is 0 Å². The minimum absolute atomic E-state index is 0.107. The molecule has 1 saturated heterocycles. The molecule has 1 atom stereocenters. The number of amides is 1. The average molecular weight is 487 g/mol. The van der Waals surface area contributed by atoms with Crippen LogP contribution in [0.2, 0.25) is 0 Å². The first-order valence-electron chi connectivity index (χ1n) is 10.8. The molecular formula is C24H26N2O5S2. The maximum atomic E-state index is 12.9. The number of likely N-dealkylation sites (tertiary alicyclic amines) is 1. The number of carbonyl (C=O) groups is 2. The number of hydrogen-bond acceptors (Lipinski definition) is 7. The summed E-state index contributed by atoms with van der Waals surface area (Å²) < 4.78 is 32.1. The molecule has 0 bridgehead atoms. The lowest BCUT2D eigenvalue weighted by molar-refractivity contribution is -0.129. The summed E-state index contributed by atoms with van der Waals surface area (Å²) in [6.07, 6.45) is 1.73. The highest BCUT2D eigenvalue weighted by molar-refractivity contribution is 7.91. The topological polar surface area (TPSA) is 93.6 Å². The van der Waals surface area contributed by atoms with Crippen molar-refractivity contribution in [2.75, 3.05) is 26.0 Å². The molecule has 0 N–H and O–H groups in total. The maximum Gasteiger partial charge on any atom is 0.237 e. The number of para-hydroxylation sites is 1. The van der Waals surface area contributed by atoms with E-state index in [0.717, 1.165) is 28.1 Å². The molecule has 2 heterocycles. The average Bonchev–Trinajstić information content (AvgIpc) is 3.23. The highest BCUT2D eigenvalue weighted by Crippen LogP contribution is 2.33. The number of aromatic nitrogens is 1. The Morgan fingerprint density at radius 1 is 1.21 bits per heavy atom. The molecule has 1 amide bonds. The van der Waals surface area contributed by atoms with E-state index in [2.05, 4.69) is 0 Å². The minimum atomic E-state index is -3.76. The molecule has 0 spiro atoms. The van der Waals surface area contributed by atoms with Gasteiger partial charge in [0.15, 0.2) is 15.6 Å². The van der Waals surface area contributed by atoms with Gasteiger partial charge in [0.1, 0.15) is 11.5 Å². The number of sulfone groups is 1. The fraction of sp³-hybridized carbons (Fsp3) is 0.375. The van der Waals surface area contributed by atoms with E-state index in [-0.39, 0.29) is 17.5 Å². The number of fused-ring (bicyclic) bond motifs is 1. The van der Waals surface area contributed by atoms with E-state index in [1.165, 1.54) is 20.1 Å². The zero-order valence-corrected chi connectivity index (χ0v) is 20.2. The molecule has 1 fully saturated rings. The lowest BCUT2D eigenvalue weighted by Crippen LogP contribution is -2.42. The fourth-order valence-corrected chi connectivity index (χ4v) is 6.60. The van der Waals surface area contributed by atoms with E-state index >= 15 is 0 Å². The molecule has 1 aromatic heterocycles. The number of Topliss-reactive ketones (excluding diaryl/α,β-unsaturated/α-hetero) is 1. The van der Waals surface area contributed by atoms with Crippen LogP contribution < -0.4 is 4.74 Å². The van der Waals surface area contributed by atoms with E-state index in [4.69, 9.17) is 9.72 Å². The maximum absolute atomic E-state index is 12.9. The van der Waals surface area contributed by atoms with Gasteiger partial charge in [-0.1, -0.05) is 12.1 Å². The van der Waals surface area contributed by atoms with Crippen LogP contribution in [0.1, 0.15) is 46.6 Å². The molecule has 33 heavy (non-hydrogen) atoms. The molecule has 2 aromatic carbocycles. The fourth-order valence-electron chi connectivity index (χ4n) is 4.15. The van der Waals surface area contributed by atoms with Crippen LogP contribution in [0, 0.1) is 0 Å². The van der Waals surface area contributed by atoms with Crippen LogP contribution in [-0.2, 0) is 20.4 Å². The van der Waals surface area contributed by atoms with Gasteiger partial charge < -0.3 is 9.64 Å². The van der Waals surface area contributed by atoms with Gasteiger partial charge in [-0.2, -0.15) is 0 Å². The van der Waals surface area contributed by atoms with Gasteiger partial charge in [0.2, 0.25) is 5.91 Å². The van der Waals surface area contributed by atoms with Crippen LogP contribution in [0.15, 0.2) is 42.5 Å². The summed E-state index contributed by atoms with van der Waals surface area (Å²) in [5.41, 5.74) is 1.73. The van der Waals surface area contributed by atoms with Crippen molar-refractivity contribution in [3.63, 3.8) is 0 Å². The molecule has 9 heteroatoms. The third-order valence-electron chi connectivity index (χ3n) is 5.84. The lowest BCUT2D eigenvalue weighted by atomic mass is 9.99. The zero-order valence-electron chi connectivity index (χ0n) is 18.6. The first-order valence-corrected chi connectivity index (χ1v) is 13.4. The normalized spacial score (nSPS) is 16.7. The molecule has 174 valence electrons. The van der Waals surface area contributed by atoms with Crippen molar-refractivity contribution in [3.05, 3.63) is 58.6 Å². The van der Waals surface area contributed by atoms with Crippen molar-refractivity contribution >= 4 is 43.1 Å². The minimum Gasteiger partial charge on any atom is -0.496 e. The molecule has 1 aliphatic rings. The Morgan fingerprint density at radius 2 is 2.00 bits per heavy atom. The van der Waals surface area contributed by atoms with Gasteiger partial charge in [-0.25, -0.2) is 13.4 Å². The zero-order chi connectivity index (χ0) is 23.6. The summed E-state index contributed by atoms with van der Waals surface area (Å²) in [5, 5.41) is 0.988. The smallest absolute Gasteiger partial charge is 0.237 e. The van der Waals surface area contributed by atoms with E-state index < -0.39 is 21.5 Å². The van der Waals surface area contributed by atoms with Crippen LogP contribution in [0.5, 0.6) is 5.75 Å².